The van der Waals surface area contributed by atoms with E-state index in [1.807, 2.05) is 12.3 Å². The summed E-state index contributed by atoms with van der Waals surface area (Å²) in [5.41, 5.74) is 2.44. The van der Waals surface area contributed by atoms with E-state index in [4.69, 9.17) is 0 Å². The number of nitrogens with one attached hydrogen (secondary N) is 1. The van der Waals surface area contributed by atoms with Gasteiger partial charge in [-0.25, -0.2) is 0 Å². The first-order chi connectivity index (χ1) is 9.79. The molecule has 3 heteroatoms. The summed E-state index contributed by atoms with van der Waals surface area (Å²) in [4.78, 5) is 0. The lowest BCUT2D eigenvalue weighted by Crippen LogP contribution is -2.25. The largest absolute Gasteiger partial charge is 0.315 e. The Kier molecular flexibility index (Phi) is 5.81. The van der Waals surface area contributed by atoms with Crippen LogP contribution in [0.1, 0.15) is 33.1 Å². The first-order valence-electron chi connectivity index (χ1n) is 7.61. The van der Waals surface area contributed by atoms with Crippen LogP contribution < -0.4 is 5.32 Å². The fraction of sp³-hybridized carbons (Fsp3) is 0.471. The number of hydrogen-bond acceptors (Lipinski definition) is 2. The molecule has 0 radical (unpaired) electrons. The molecule has 0 aliphatic carbocycles. The molecular formula is C17H25N3. The van der Waals surface area contributed by atoms with Gasteiger partial charge in [-0.2, -0.15) is 5.10 Å². The van der Waals surface area contributed by atoms with E-state index in [1.54, 1.807) is 0 Å². The Balaban J connectivity index is 1.76. The maximum absolute atomic E-state index is 4.45. The Morgan fingerprint density at radius 3 is 2.70 bits per heavy atom. The van der Waals surface area contributed by atoms with Crippen LogP contribution in [-0.2, 0) is 6.54 Å². The van der Waals surface area contributed by atoms with Crippen molar-refractivity contribution < 1.29 is 0 Å². The van der Waals surface area contributed by atoms with Crippen molar-refractivity contribution in [1.82, 2.24) is 15.1 Å². The second-order valence-corrected chi connectivity index (χ2v) is 5.31. The molecule has 1 heterocycles. The number of unbranched alkanes of at least 4 members (excludes halogenated alkanes) is 1. The Labute approximate surface area is 122 Å². The summed E-state index contributed by atoms with van der Waals surface area (Å²) in [7, 11) is 0. The van der Waals surface area contributed by atoms with Gasteiger partial charge in [0.15, 0.2) is 0 Å². The molecule has 20 heavy (non-hydrogen) atoms. The maximum atomic E-state index is 4.45. The Morgan fingerprint density at radius 1 is 1.15 bits per heavy atom. The maximum Gasteiger partial charge on any atom is 0.0568 e. The van der Waals surface area contributed by atoms with Gasteiger partial charge in [-0.05, 0) is 31.9 Å². The fourth-order valence-electron chi connectivity index (χ4n) is 2.44. The third-order valence-electron chi connectivity index (χ3n) is 3.57. The second-order valence-electron chi connectivity index (χ2n) is 5.31. The summed E-state index contributed by atoms with van der Waals surface area (Å²) >= 11 is 0. The van der Waals surface area contributed by atoms with Crippen LogP contribution in [0.4, 0.5) is 0 Å². The standard InChI is InChI=1S/C17H25N3/c1-3-18-15(2)9-7-8-12-20-14-17(13-19-20)16-10-5-4-6-11-16/h4-6,10-11,13-15,18H,3,7-9,12H2,1-2H3. The number of nitrogens with zero attached hydrogens (tertiary/aromatic N) is 2. The molecule has 0 aliphatic rings. The fourth-order valence-corrected chi connectivity index (χ4v) is 2.44. The Hall–Kier alpha value is -1.61. The van der Waals surface area contributed by atoms with Crippen molar-refractivity contribution in [2.24, 2.45) is 0 Å². The SMILES string of the molecule is CCNC(C)CCCCn1cc(-c2ccccc2)cn1. The molecule has 0 aliphatic heterocycles. The zero-order chi connectivity index (χ0) is 14.2. The number of aromatic nitrogens is 2. The van der Waals surface area contributed by atoms with E-state index in [-0.39, 0.29) is 0 Å². The van der Waals surface area contributed by atoms with Gasteiger partial charge < -0.3 is 5.32 Å². The molecule has 0 saturated heterocycles. The molecule has 108 valence electrons. The second kappa shape index (κ2) is 7.85. The highest BCUT2D eigenvalue weighted by Crippen LogP contribution is 2.17. The summed E-state index contributed by atoms with van der Waals surface area (Å²) in [5.74, 6) is 0. The Bertz CT molecular complexity index is 490. The molecule has 2 rings (SSSR count). The lowest BCUT2D eigenvalue weighted by molar-refractivity contribution is 0.475. The van der Waals surface area contributed by atoms with Gasteiger partial charge in [0.05, 0.1) is 6.20 Å². The first kappa shape index (κ1) is 14.8. The lowest BCUT2D eigenvalue weighted by Gasteiger charge is -2.11. The normalized spacial score (nSPS) is 12.5. The van der Waals surface area contributed by atoms with E-state index in [2.05, 4.69) is 59.4 Å². The Morgan fingerprint density at radius 2 is 1.95 bits per heavy atom. The summed E-state index contributed by atoms with van der Waals surface area (Å²) < 4.78 is 2.06. The van der Waals surface area contributed by atoms with Gasteiger partial charge in [-0.1, -0.05) is 43.7 Å². The molecule has 1 aromatic heterocycles. The van der Waals surface area contributed by atoms with Crippen molar-refractivity contribution in [2.75, 3.05) is 6.54 Å². The quantitative estimate of drug-likeness (QED) is 0.742. The molecule has 0 amide bonds. The molecule has 0 bridgehead atoms. The van der Waals surface area contributed by atoms with Gasteiger partial charge in [0.25, 0.3) is 0 Å². The van der Waals surface area contributed by atoms with Crippen molar-refractivity contribution in [3.8, 4) is 11.1 Å². The lowest BCUT2D eigenvalue weighted by atomic mass is 10.1. The molecule has 1 atom stereocenters. The molecule has 1 N–H and O–H groups in total. The van der Waals surface area contributed by atoms with E-state index >= 15 is 0 Å². The number of aryl methyl sites for hydroxylation is 1. The molecule has 2 aromatic rings. The van der Waals surface area contributed by atoms with Crippen LogP contribution in [0.25, 0.3) is 11.1 Å². The van der Waals surface area contributed by atoms with Crippen LogP contribution in [0, 0.1) is 0 Å². The van der Waals surface area contributed by atoms with E-state index in [0.717, 1.165) is 13.1 Å². The monoisotopic (exact) mass is 271 g/mol. The highest BCUT2D eigenvalue weighted by atomic mass is 15.3. The van der Waals surface area contributed by atoms with Crippen LogP contribution >= 0.6 is 0 Å². The molecular weight excluding hydrogens is 246 g/mol. The van der Waals surface area contributed by atoms with Crippen LogP contribution in [-0.4, -0.2) is 22.4 Å². The average Bonchev–Trinajstić information content (AvgIpc) is 2.94. The molecule has 0 spiro atoms. The van der Waals surface area contributed by atoms with Gasteiger partial charge in [-0.15, -0.1) is 0 Å². The van der Waals surface area contributed by atoms with Crippen molar-refractivity contribution in [3.63, 3.8) is 0 Å². The van der Waals surface area contributed by atoms with Crippen molar-refractivity contribution >= 4 is 0 Å². The number of rotatable bonds is 8. The van der Waals surface area contributed by atoms with E-state index in [9.17, 15) is 0 Å². The minimum Gasteiger partial charge on any atom is -0.315 e. The minimum atomic E-state index is 0.623. The number of benzene rings is 1. The average molecular weight is 271 g/mol. The third kappa shape index (κ3) is 4.49. The number of hydrogen-bond donors (Lipinski definition) is 1. The van der Waals surface area contributed by atoms with E-state index in [0.29, 0.717) is 6.04 Å². The zero-order valence-corrected chi connectivity index (χ0v) is 12.5. The van der Waals surface area contributed by atoms with Gasteiger partial charge >= 0.3 is 0 Å². The predicted octanol–water partition coefficient (Wildman–Crippen LogP) is 3.72. The smallest absolute Gasteiger partial charge is 0.0568 e. The van der Waals surface area contributed by atoms with Crippen LogP contribution in [0.2, 0.25) is 0 Å². The highest BCUT2D eigenvalue weighted by Gasteiger charge is 2.02. The molecule has 1 unspecified atom stereocenters. The van der Waals surface area contributed by atoms with Crippen molar-refractivity contribution in [2.45, 2.75) is 45.7 Å². The highest BCUT2D eigenvalue weighted by molar-refractivity contribution is 5.61. The van der Waals surface area contributed by atoms with Crippen molar-refractivity contribution in [3.05, 3.63) is 42.7 Å². The predicted molar refractivity (Wildman–Crippen MR) is 84.7 cm³/mol. The van der Waals surface area contributed by atoms with Crippen LogP contribution in [0.15, 0.2) is 42.7 Å². The first-order valence-corrected chi connectivity index (χ1v) is 7.61. The van der Waals surface area contributed by atoms with E-state index in [1.165, 1.54) is 30.4 Å². The van der Waals surface area contributed by atoms with E-state index < -0.39 is 0 Å². The van der Waals surface area contributed by atoms with Gasteiger partial charge in [-0.3, -0.25) is 4.68 Å². The van der Waals surface area contributed by atoms with Gasteiger partial charge in [0, 0.05) is 24.3 Å². The van der Waals surface area contributed by atoms with Crippen LogP contribution in [0.3, 0.4) is 0 Å². The van der Waals surface area contributed by atoms with Crippen LogP contribution in [0.5, 0.6) is 0 Å². The summed E-state index contributed by atoms with van der Waals surface area (Å²) in [6.07, 6.45) is 7.76. The zero-order valence-electron chi connectivity index (χ0n) is 12.5. The topological polar surface area (TPSA) is 29.9 Å². The summed E-state index contributed by atoms with van der Waals surface area (Å²) in [6.45, 7) is 6.47. The summed E-state index contributed by atoms with van der Waals surface area (Å²) in [6, 6.07) is 11.0. The third-order valence-corrected chi connectivity index (χ3v) is 3.57. The molecule has 0 saturated carbocycles. The minimum absolute atomic E-state index is 0.623. The molecule has 1 aromatic carbocycles. The van der Waals surface area contributed by atoms with Gasteiger partial charge in [0.1, 0.15) is 0 Å². The van der Waals surface area contributed by atoms with Gasteiger partial charge in [0.2, 0.25) is 0 Å². The molecule has 3 nitrogen and oxygen atoms in total. The molecule has 0 fully saturated rings. The van der Waals surface area contributed by atoms with Crippen molar-refractivity contribution in [1.29, 1.82) is 0 Å². The summed E-state index contributed by atoms with van der Waals surface area (Å²) in [5, 5.41) is 7.89.